The Bertz CT molecular complexity index is 1950. The third-order valence-corrected chi connectivity index (χ3v) is 9.17. The fraction of sp³-hybridized carbons (Fsp3) is 0.156. The summed E-state index contributed by atoms with van der Waals surface area (Å²) in [6.07, 6.45) is 0.536. The minimum Gasteiger partial charge on any atom is -0.497 e. The quantitative estimate of drug-likeness (QED) is 0.106. The summed E-state index contributed by atoms with van der Waals surface area (Å²) >= 11 is 2.66. The van der Waals surface area contributed by atoms with E-state index >= 15 is 0 Å². The number of nitro groups is 1. The number of benzene rings is 3. The van der Waals surface area contributed by atoms with Crippen molar-refractivity contribution in [2.75, 3.05) is 12.9 Å². The summed E-state index contributed by atoms with van der Waals surface area (Å²) in [5.74, 6) is -0.671. The molecule has 2 amide bonds. The number of nitrogens with zero attached hydrogens (tertiary/aromatic N) is 6. The number of thioether (sulfide) groups is 1. The zero-order valence-electron chi connectivity index (χ0n) is 24.8. The van der Waals surface area contributed by atoms with E-state index < -0.39 is 16.6 Å². The maximum atomic E-state index is 14.2. The molecule has 2 aromatic heterocycles. The number of amides is 2. The molecule has 3 heterocycles. The Morgan fingerprint density at radius 3 is 2.51 bits per heavy atom. The van der Waals surface area contributed by atoms with Gasteiger partial charge in [0.25, 0.3) is 17.5 Å². The normalized spacial score (nSPS) is 14.1. The number of carbonyl (C=O) groups excluding carboxylic acids is 2. The van der Waals surface area contributed by atoms with Gasteiger partial charge in [-0.3, -0.25) is 24.3 Å². The van der Waals surface area contributed by atoms with Gasteiger partial charge in [0.15, 0.2) is 11.0 Å². The number of non-ortho nitro benzene ring substituents is 1. The van der Waals surface area contributed by atoms with Gasteiger partial charge in [-0.25, -0.2) is 9.40 Å². The second-order valence-electron chi connectivity index (χ2n) is 10.2. The van der Waals surface area contributed by atoms with Gasteiger partial charge in [-0.1, -0.05) is 42.1 Å². The monoisotopic (exact) mass is 671 g/mol. The van der Waals surface area contributed by atoms with Gasteiger partial charge in [0, 0.05) is 24.2 Å². The van der Waals surface area contributed by atoms with Crippen LogP contribution < -0.4 is 10.1 Å². The van der Waals surface area contributed by atoms with E-state index in [1.807, 2.05) is 41.8 Å². The van der Waals surface area contributed by atoms with Crippen molar-refractivity contribution in [2.45, 2.75) is 24.2 Å². The van der Waals surface area contributed by atoms with Crippen LogP contribution in [-0.2, 0) is 11.3 Å². The third kappa shape index (κ3) is 6.90. The van der Waals surface area contributed by atoms with Gasteiger partial charge in [0.1, 0.15) is 11.6 Å². The van der Waals surface area contributed by atoms with E-state index in [0.717, 1.165) is 27.9 Å². The molecule has 238 valence electrons. The summed E-state index contributed by atoms with van der Waals surface area (Å²) in [5, 5.41) is 30.9. The Balaban J connectivity index is 1.25. The second-order valence-corrected chi connectivity index (χ2v) is 12.1. The SMILES string of the molecule is COc1ccc([C@@H]2CC(c3cccs3)=NN2C(=O)CSc2nnc(CNC(=O)c3ccccc3F)n2-c2ccc([N+](=O)[O-])cc2)cc1. The zero-order valence-corrected chi connectivity index (χ0v) is 26.4. The molecule has 0 unspecified atom stereocenters. The van der Waals surface area contributed by atoms with Crippen molar-refractivity contribution in [3.63, 3.8) is 0 Å². The van der Waals surface area contributed by atoms with Crippen LogP contribution >= 0.6 is 23.1 Å². The number of methoxy groups -OCH3 is 1. The number of ether oxygens (including phenoxy) is 1. The van der Waals surface area contributed by atoms with Crippen molar-refractivity contribution >= 4 is 46.3 Å². The zero-order chi connectivity index (χ0) is 32.9. The molecule has 47 heavy (non-hydrogen) atoms. The first-order valence-electron chi connectivity index (χ1n) is 14.2. The lowest BCUT2D eigenvalue weighted by molar-refractivity contribution is -0.384. The molecule has 0 bridgehead atoms. The van der Waals surface area contributed by atoms with Crippen LogP contribution in [0, 0.1) is 15.9 Å². The molecule has 1 N–H and O–H groups in total. The molecule has 0 saturated carbocycles. The number of hydrogen-bond acceptors (Lipinski definition) is 10. The van der Waals surface area contributed by atoms with E-state index in [1.54, 1.807) is 29.1 Å². The van der Waals surface area contributed by atoms with Crippen molar-refractivity contribution < 1.29 is 23.6 Å². The van der Waals surface area contributed by atoms with Crippen molar-refractivity contribution in [1.82, 2.24) is 25.1 Å². The number of rotatable bonds is 11. The lowest BCUT2D eigenvalue weighted by Crippen LogP contribution is -2.28. The van der Waals surface area contributed by atoms with Gasteiger partial charge in [0.2, 0.25) is 0 Å². The summed E-state index contributed by atoms with van der Waals surface area (Å²) in [5.41, 5.74) is 1.94. The molecule has 1 atom stereocenters. The van der Waals surface area contributed by atoms with Crippen LogP contribution in [0.4, 0.5) is 10.1 Å². The first kappa shape index (κ1) is 31.6. The van der Waals surface area contributed by atoms with Crippen LogP contribution in [0.2, 0.25) is 0 Å². The second kappa shape index (κ2) is 13.9. The average Bonchev–Trinajstić information content (AvgIpc) is 3.87. The molecule has 0 saturated heterocycles. The van der Waals surface area contributed by atoms with Gasteiger partial charge in [-0.05, 0) is 53.4 Å². The number of halogens is 1. The van der Waals surface area contributed by atoms with Crippen molar-refractivity contribution in [3.05, 3.63) is 128 Å². The van der Waals surface area contributed by atoms with Crippen LogP contribution in [-0.4, -0.2) is 55.1 Å². The predicted molar refractivity (Wildman–Crippen MR) is 174 cm³/mol. The van der Waals surface area contributed by atoms with Gasteiger partial charge in [-0.2, -0.15) is 5.10 Å². The molecule has 0 radical (unpaired) electrons. The van der Waals surface area contributed by atoms with E-state index in [-0.39, 0.29) is 41.3 Å². The number of thiophene rings is 1. The van der Waals surface area contributed by atoms with Gasteiger partial charge in [-0.15, -0.1) is 21.5 Å². The van der Waals surface area contributed by atoms with Gasteiger partial charge < -0.3 is 10.1 Å². The molecule has 15 heteroatoms. The fourth-order valence-electron chi connectivity index (χ4n) is 5.00. The summed E-state index contributed by atoms with van der Waals surface area (Å²) in [6.45, 7) is -0.133. The summed E-state index contributed by atoms with van der Waals surface area (Å²) in [4.78, 5) is 38.2. The molecule has 3 aromatic carbocycles. The Labute approximate surface area is 276 Å². The maximum absolute atomic E-state index is 14.2. The number of aromatic nitrogens is 3. The highest BCUT2D eigenvalue weighted by Crippen LogP contribution is 2.35. The molecule has 1 aliphatic heterocycles. The third-order valence-electron chi connectivity index (χ3n) is 7.34. The largest absolute Gasteiger partial charge is 0.497 e. The molecule has 6 rings (SSSR count). The number of hydrogen-bond donors (Lipinski definition) is 1. The smallest absolute Gasteiger partial charge is 0.269 e. The highest BCUT2D eigenvalue weighted by Gasteiger charge is 2.34. The van der Waals surface area contributed by atoms with E-state index in [9.17, 15) is 24.1 Å². The Hall–Kier alpha value is -5.41. The summed E-state index contributed by atoms with van der Waals surface area (Å²) < 4.78 is 21.1. The van der Waals surface area contributed by atoms with Crippen LogP contribution in [0.25, 0.3) is 5.69 Å². The average molecular weight is 672 g/mol. The Kier molecular flexibility index (Phi) is 9.35. The molecule has 12 nitrogen and oxygen atoms in total. The Morgan fingerprint density at radius 1 is 1.06 bits per heavy atom. The number of nitrogens with one attached hydrogen (secondary N) is 1. The summed E-state index contributed by atoms with van der Waals surface area (Å²) in [7, 11) is 1.59. The standard InChI is InChI=1S/C32H26FN7O5S2/c1-45-23-14-8-20(9-15-23)27-17-26(28-7-4-16-46-28)37-39(27)30(41)19-47-32-36-35-29(18-34-31(42)24-5-2-3-6-25(24)33)38(32)21-10-12-22(13-11-21)40(43)44/h2-16,27H,17-19H2,1H3,(H,34,42)/t27-/m0/s1. The van der Waals surface area contributed by atoms with E-state index in [4.69, 9.17) is 9.84 Å². The van der Waals surface area contributed by atoms with Crippen LogP contribution in [0.1, 0.15) is 39.1 Å². The van der Waals surface area contributed by atoms with Crippen molar-refractivity contribution in [2.24, 2.45) is 5.10 Å². The number of hydrazone groups is 1. The number of nitro benzene ring substituents is 1. The van der Waals surface area contributed by atoms with Crippen LogP contribution in [0.5, 0.6) is 5.75 Å². The minimum absolute atomic E-state index is 0.0550. The van der Waals surface area contributed by atoms with E-state index in [0.29, 0.717) is 23.0 Å². The molecular formula is C32H26FN7O5S2. The van der Waals surface area contributed by atoms with Crippen LogP contribution in [0.3, 0.4) is 0 Å². The number of carbonyl (C=O) groups is 2. The molecular weight excluding hydrogens is 646 g/mol. The lowest BCUT2D eigenvalue weighted by Gasteiger charge is -2.22. The molecule has 0 aliphatic carbocycles. The Morgan fingerprint density at radius 2 is 1.83 bits per heavy atom. The molecule has 0 fully saturated rings. The van der Waals surface area contributed by atoms with Crippen molar-refractivity contribution in [1.29, 1.82) is 0 Å². The molecule has 5 aromatic rings. The van der Waals surface area contributed by atoms with Gasteiger partial charge >= 0.3 is 0 Å². The van der Waals surface area contributed by atoms with Crippen LogP contribution in [0.15, 0.2) is 101 Å². The minimum atomic E-state index is -0.670. The first-order chi connectivity index (χ1) is 22.8. The fourth-order valence-corrected chi connectivity index (χ4v) is 6.55. The molecule has 0 spiro atoms. The summed E-state index contributed by atoms with van der Waals surface area (Å²) in [6, 6.07) is 22.4. The molecule has 1 aliphatic rings. The van der Waals surface area contributed by atoms with Crippen molar-refractivity contribution in [3.8, 4) is 11.4 Å². The highest BCUT2D eigenvalue weighted by molar-refractivity contribution is 7.99. The van der Waals surface area contributed by atoms with E-state index in [2.05, 4.69) is 15.5 Å². The topological polar surface area (TPSA) is 145 Å². The maximum Gasteiger partial charge on any atom is 0.269 e. The first-order valence-corrected chi connectivity index (χ1v) is 16.1. The predicted octanol–water partition coefficient (Wildman–Crippen LogP) is 5.78. The van der Waals surface area contributed by atoms with E-state index in [1.165, 1.54) is 47.5 Å². The lowest BCUT2D eigenvalue weighted by atomic mass is 10.0. The highest BCUT2D eigenvalue weighted by atomic mass is 32.2. The van der Waals surface area contributed by atoms with Gasteiger partial charge in [0.05, 0.1) is 46.5 Å².